The van der Waals surface area contributed by atoms with Gasteiger partial charge in [0.1, 0.15) is 5.75 Å². The smallest absolute Gasteiger partial charge is 0.387 e. The first kappa shape index (κ1) is 16.8. The molecule has 122 valence electrons. The molecule has 0 aliphatic heterocycles. The molecule has 0 radical (unpaired) electrons. The molecule has 0 aromatic heterocycles. The molecule has 2 amide bonds. The molecule has 1 fully saturated rings. The number of benzene rings is 1. The number of nitrogens with one attached hydrogen (secondary N) is 2. The summed E-state index contributed by atoms with van der Waals surface area (Å²) < 4.78 is 29.0. The molecule has 0 heterocycles. The number of carbonyl (C=O) groups is 1. The van der Waals surface area contributed by atoms with Gasteiger partial charge in [-0.1, -0.05) is 11.6 Å². The van der Waals surface area contributed by atoms with Crippen LogP contribution in [0.3, 0.4) is 0 Å². The van der Waals surface area contributed by atoms with Crippen molar-refractivity contribution in [1.82, 2.24) is 10.6 Å². The molecular formula is C14H17ClF2N2O3. The van der Waals surface area contributed by atoms with Crippen molar-refractivity contribution in [3.05, 3.63) is 28.8 Å². The van der Waals surface area contributed by atoms with Gasteiger partial charge in [-0.2, -0.15) is 8.78 Å². The molecule has 22 heavy (non-hydrogen) atoms. The van der Waals surface area contributed by atoms with E-state index < -0.39 is 12.6 Å². The van der Waals surface area contributed by atoms with E-state index >= 15 is 0 Å². The molecule has 1 aromatic carbocycles. The monoisotopic (exact) mass is 334 g/mol. The number of hydrogen-bond acceptors (Lipinski definition) is 3. The summed E-state index contributed by atoms with van der Waals surface area (Å²) in [5, 5.41) is 14.7. The molecular weight excluding hydrogens is 318 g/mol. The molecule has 2 rings (SSSR count). The zero-order valence-corrected chi connectivity index (χ0v) is 12.5. The SMILES string of the molecule is O=C(NCc1cc(Cl)ccc1OC(F)F)NCC1(CO)CC1. The summed E-state index contributed by atoms with van der Waals surface area (Å²) in [5.41, 5.74) is 0.156. The summed E-state index contributed by atoms with van der Waals surface area (Å²) >= 11 is 5.82. The molecule has 1 saturated carbocycles. The van der Waals surface area contributed by atoms with Crippen LogP contribution in [-0.2, 0) is 6.54 Å². The van der Waals surface area contributed by atoms with E-state index in [1.54, 1.807) is 0 Å². The Labute approximate surface area is 131 Å². The summed E-state index contributed by atoms with van der Waals surface area (Å²) in [6.45, 7) is -2.53. The maximum atomic E-state index is 12.3. The van der Waals surface area contributed by atoms with Gasteiger partial charge in [0.15, 0.2) is 0 Å². The lowest BCUT2D eigenvalue weighted by Gasteiger charge is -2.15. The number of urea groups is 1. The number of halogens is 3. The van der Waals surface area contributed by atoms with Gasteiger partial charge in [-0.3, -0.25) is 0 Å². The second kappa shape index (κ2) is 7.11. The van der Waals surface area contributed by atoms with Crippen molar-refractivity contribution in [1.29, 1.82) is 0 Å². The van der Waals surface area contributed by atoms with Crippen LogP contribution in [0.4, 0.5) is 13.6 Å². The molecule has 0 bridgehead atoms. The van der Waals surface area contributed by atoms with Crippen LogP contribution in [0, 0.1) is 5.41 Å². The van der Waals surface area contributed by atoms with Crippen molar-refractivity contribution in [3.63, 3.8) is 0 Å². The zero-order chi connectivity index (χ0) is 16.2. The lowest BCUT2D eigenvalue weighted by molar-refractivity contribution is -0.0504. The number of rotatable bonds is 7. The first-order chi connectivity index (χ1) is 10.4. The van der Waals surface area contributed by atoms with E-state index in [4.69, 9.17) is 16.7 Å². The Balaban J connectivity index is 1.87. The van der Waals surface area contributed by atoms with Crippen LogP contribution in [0.15, 0.2) is 18.2 Å². The average Bonchev–Trinajstić information content (AvgIpc) is 3.25. The van der Waals surface area contributed by atoms with Crippen molar-refractivity contribution in [2.45, 2.75) is 26.0 Å². The molecule has 5 nitrogen and oxygen atoms in total. The molecule has 0 atom stereocenters. The van der Waals surface area contributed by atoms with E-state index in [1.165, 1.54) is 18.2 Å². The summed E-state index contributed by atoms with van der Waals surface area (Å²) in [7, 11) is 0. The number of alkyl halides is 2. The largest absolute Gasteiger partial charge is 0.434 e. The molecule has 1 aliphatic carbocycles. The van der Waals surface area contributed by atoms with E-state index in [2.05, 4.69) is 15.4 Å². The van der Waals surface area contributed by atoms with Gasteiger partial charge in [-0.05, 0) is 31.0 Å². The maximum Gasteiger partial charge on any atom is 0.387 e. The molecule has 0 spiro atoms. The number of hydrogen-bond donors (Lipinski definition) is 3. The highest BCUT2D eigenvalue weighted by Gasteiger charge is 2.42. The van der Waals surface area contributed by atoms with Crippen molar-refractivity contribution in [2.75, 3.05) is 13.2 Å². The fourth-order valence-corrected chi connectivity index (χ4v) is 2.17. The number of carbonyl (C=O) groups excluding carboxylic acids is 1. The topological polar surface area (TPSA) is 70.6 Å². The average molecular weight is 335 g/mol. The number of aliphatic hydroxyl groups is 1. The Morgan fingerprint density at radius 2 is 2.14 bits per heavy atom. The first-order valence-corrected chi connectivity index (χ1v) is 7.18. The lowest BCUT2D eigenvalue weighted by atomic mass is 10.1. The van der Waals surface area contributed by atoms with E-state index in [0.29, 0.717) is 17.1 Å². The predicted molar refractivity (Wildman–Crippen MR) is 77.1 cm³/mol. The Bertz CT molecular complexity index is 539. The van der Waals surface area contributed by atoms with Crippen LogP contribution in [0.25, 0.3) is 0 Å². The van der Waals surface area contributed by atoms with Crippen LogP contribution in [0.5, 0.6) is 5.75 Å². The summed E-state index contributed by atoms with van der Waals surface area (Å²) in [4.78, 5) is 11.7. The van der Waals surface area contributed by atoms with Crippen LogP contribution in [0.2, 0.25) is 5.02 Å². The normalized spacial score (nSPS) is 15.5. The Morgan fingerprint density at radius 3 is 2.73 bits per heavy atom. The second-order valence-corrected chi connectivity index (χ2v) is 5.76. The summed E-state index contributed by atoms with van der Waals surface area (Å²) in [6, 6.07) is 3.77. The predicted octanol–water partition coefficient (Wildman–Crippen LogP) is 2.51. The van der Waals surface area contributed by atoms with E-state index in [9.17, 15) is 13.6 Å². The van der Waals surface area contributed by atoms with Gasteiger partial charge >= 0.3 is 12.6 Å². The van der Waals surface area contributed by atoms with E-state index in [1.807, 2.05) is 0 Å². The minimum atomic E-state index is -2.95. The minimum Gasteiger partial charge on any atom is -0.434 e. The number of ether oxygens (including phenoxy) is 1. The van der Waals surface area contributed by atoms with Crippen molar-refractivity contribution < 1.29 is 23.4 Å². The summed E-state index contributed by atoms with van der Waals surface area (Å²) in [6.07, 6.45) is 1.76. The fraction of sp³-hybridized carbons (Fsp3) is 0.500. The van der Waals surface area contributed by atoms with Gasteiger partial charge in [0.2, 0.25) is 0 Å². The van der Waals surface area contributed by atoms with Crippen LogP contribution >= 0.6 is 11.6 Å². The number of aliphatic hydroxyl groups excluding tert-OH is 1. The quantitative estimate of drug-likeness (QED) is 0.717. The highest BCUT2D eigenvalue weighted by atomic mass is 35.5. The first-order valence-electron chi connectivity index (χ1n) is 6.80. The van der Waals surface area contributed by atoms with Crippen molar-refractivity contribution in [3.8, 4) is 5.75 Å². The minimum absolute atomic E-state index is 0.000567. The van der Waals surface area contributed by atoms with Crippen molar-refractivity contribution >= 4 is 17.6 Å². The highest BCUT2D eigenvalue weighted by molar-refractivity contribution is 6.30. The van der Waals surface area contributed by atoms with E-state index in [0.717, 1.165) is 12.8 Å². The molecule has 1 aliphatic rings. The molecule has 1 aromatic rings. The van der Waals surface area contributed by atoms with Gasteiger partial charge in [0, 0.05) is 29.1 Å². The third kappa shape index (κ3) is 4.71. The van der Waals surface area contributed by atoms with Gasteiger partial charge in [0.25, 0.3) is 0 Å². The second-order valence-electron chi connectivity index (χ2n) is 5.32. The van der Waals surface area contributed by atoms with E-state index in [-0.39, 0.29) is 24.3 Å². The Hall–Kier alpha value is -1.60. The maximum absolute atomic E-state index is 12.3. The van der Waals surface area contributed by atoms with Gasteiger partial charge < -0.3 is 20.5 Å². The Kier molecular flexibility index (Phi) is 5.42. The standard InChI is InChI=1S/C14H17ClF2N2O3/c15-10-1-2-11(22-12(16)17)9(5-10)6-18-13(21)19-7-14(8-20)3-4-14/h1-2,5,12,20H,3-4,6-8H2,(H2,18,19,21). The molecule has 0 unspecified atom stereocenters. The lowest BCUT2D eigenvalue weighted by Crippen LogP contribution is -2.39. The Morgan fingerprint density at radius 1 is 1.41 bits per heavy atom. The van der Waals surface area contributed by atoms with Crippen LogP contribution in [0.1, 0.15) is 18.4 Å². The number of amides is 2. The van der Waals surface area contributed by atoms with Gasteiger partial charge in [-0.25, -0.2) is 4.79 Å². The van der Waals surface area contributed by atoms with Crippen LogP contribution in [-0.4, -0.2) is 30.9 Å². The highest BCUT2D eigenvalue weighted by Crippen LogP contribution is 2.44. The van der Waals surface area contributed by atoms with Gasteiger partial charge in [-0.15, -0.1) is 0 Å². The zero-order valence-electron chi connectivity index (χ0n) is 11.7. The summed E-state index contributed by atoms with van der Waals surface area (Å²) in [5.74, 6) is -0.0336. The molecule has 0 saturated heterocycles. The van der Waals surface area contributed by atoms with Crippen LogP contribution < -0.4 is 15.4 Å². The third-order valence-corrected chi connectivity index (χ3v) is 3.83. The third-order valence-electron chi connectivity index (χ3n) is 3.59. The van der Waals surface area contributed by atoms with Gasteiger partial charge in [0.05, 0.1) is 6.61 Å². The molecule has 8 heteroatoms. The molecule has 3 N–H and O–H groups in total. The fourth-order valence-electron chi connectivity index (χ4n) is 1.97. The van der Waals surface area contributed by atoms with Crippen molar-refractivity contribution in [2.24, 2.45) is 5.41 Å².